The molecule has 0 N–H and O–H groups in total. The van der Waals surface area contributed by atoms with Gasteiger partial charge in [-0.25, -0.2) is 0 Å². The van der Waals surface area contributed by atoms with E-state index in [1.54, 1.807) is 0 Å². The van der Waals surface area contributed by atoms with Crippen LogP contribution in [-0.4, -0.2) is 2.73 Å². The van der Waals surface area contributed by atoms with Crippen LogP contribution in [0.2, 0.25) is 0 Å². The fourth-order valence-corrected chi connectivity index (χ4v) is 0. The standard InChI is InChI=1S/4HI.Sb/h4*1H;/q;;;;+4/p-4. The van der Waals surface area contributed by atoms with Crippen molar-refractivity contribution < 1.29 is 0 Å². The van der Waals surface area contributed by atoms with Crippen molar-refractivity contribution in [2.45, 2.75) is 0 Å². The van der Waals surface area contributed by atoms with Crippen LogP contribution in [0.25, 0.3) is 0 Å². The first kappa shape index (κ1) is 8.74. The molecule has 0 rings (SSSR count). The number of hydrogen-bond donors (Lipinski definition) is 0. The van der Waals surface area contributed by atoms with Gasteiger partial charge in [0.1, 0.15) is 0 Å². The Labute approximate surface area is 73.9 Å². The molecule has 0 saturated heterocycles. The summed E-state index contributed by atoms with van der Waals surface area (Å²) in [4.78, 5) is 0. The monoisotopic (exact) mass is 629 g/mol. The van der Waals surface area contributed by atoms with Crippen LogP contribution in [0, 0.1) is 0 Å². The maximum atomic E-state index is 2.54. The van der Waals surface area contributed by atoms with Crippen molar-refractivity contribution in [1.29, 1.82) is 0 Å². The van der Waals surface area contributed by atoms with Crippen LogP contribution in [0.4, 0.5) is 0 Å². The summed E-state index contributed by atoms with van der Waals surface area (Å²) >= 11 is 10.2. The third-order valence-corrected chi connectivity index (χ3v) is 0. The van der Waals surface area contributed by atoms with Crippen LogP contribution in [0.15, 0.2) is 0 Å². The molecule has 33 valence electrons. The summed E-state index contributed by atoms with van der Waals surface area (Å²) in [6, 6.07) is 0. The van der Waals surface area contributed by atoms with Gasteiger partial charge in [0, 0.05) is 0 Å². The van der Waals surface area contributed by atoms with Crippen LogP contribution in [0.1, 0.15) is 0 Å². The molecule has 5 heteroatoms. The predicted octanol–water partition coefficient (Wildman–Crippen LogP) is 3.16. The first-order valence-electron chi connectivity index (χ1n) is 0.676. The quantitative estimate of drug-likeness (QED) is 0.286. The molecule has 0 bridgehead atoms. The maximum absolute atomic E-state index is 2.54. The molecule has 0 spiro atoms. The van der Waals surface area contributed by atoms with Crippen LogP contribution in [0.3, 0.4) is 0 Å². The van der Waals surface area contributed by atoms with Crippen molar-refractivity contribution >= 4 is 76.7 Å². The molecule has 0 atom stereocenters. The van der Waals surface area contributed by atoms with Crippen molar-refractivity contribution in [3.8, 4) is 0 Å². The van der Waals surface area contributed by atoms with Gasteiger partial charge in [-0.2, -0.15) is 0 Å². The molecule has 0 aliphatic heterocycles. The van der Waals surface area contributed by atoms with Gasteiger partial charge in [0.2, 0.25) is 0 Å². The minimum absolute atomic E-state index is 1.22. The molecule has 0 amide bonds. The van der Waals surface area contributed by atoms with Crippen LogP contribution < -0.4 is 0 Å². The molecule has 0 aliphatic rings. The van der Waals surface area contributed by atoms with E-state index >= 15 is 0 Å². The van der Waals surface area contributed by atoms with Crippen molar-refractivity contribution in [3.05, 3.63) is 0 Å². The van der Waals surface area contributed by atoms with Gasteiger partial charge in [-0.15, -0.1) is 0 Å². The van der Waals surface area contributed by atoms with E-state index in [0.717, 1.165) is 0 Å². The molecule has 0 aromatic carbocycles. The Morgan fingerprint density at radius 3 is 0.800 bits per heavy atom. The molecule has 0 aromatic rings. The van der Waals surface area contributed by atoms with Crippen LogP contribution in [0.5, 0.6) is 0 Å². The molecule has 0 aliphatic carbocycles. The Bertz CT molecular complexity index is 19.1. The summed E-state index contributed by atoms with van der Waals surface area (Å²) < 4.78 is -1.22. The van der Waals surface area contributed by atoms with Gasteiger partial charge in [-0.1, -0.05) is 0 Å². The minimum atomic E-state index is -1.22. The number of halogens is 4. The van der Waals surface area contributed by atoms with E-state index < -0.39 is 2.73 Å². The van der Waals surface area contributed by atoms with Crippen LogP contribution >= 0.6 is 74.0 Å². The molecule has 0 unspecified atom stereocenters. The number of hydrogen-bond acceptors (Lipinski definition) is 0. The average molecular weight is 629 g/mol. The molecule has 0 fully saturated rings. The second-order valence-electron chi connectivity index (χ2n) is 0.383. The summed E-state index contributed by atoms with van der Waals surface area (Å²) in [5.74, 6) is 0. The first-order valence-corrected chi connectivity index (χ1v) is 30.4. The normalized spacial score (nSPS) is 12.0. The summed E-state index contributed by atoms with van der Waals surface area (Å²) in [5, 5.41) is 0. The van der Waals surface area contributed by atoms with Gasteiger partial charge in [-0.3, -0.25) is 0 Å². The predicted molar refractivity (Wildman–Crippen MR) is 61.8 cm³/mol. The number of rotatable bonds is 0. The zero-order valence-electron chi connectivity index (χ0n) is 1.96. The zero-order chi connectivity index (χ0) is 4.50. The molecule has 0 aromatic heterocycles. The van der Waals surface area contributed by atoms with E-state index in [1.807, 2.05) is 0 Å². The third kappa shape index (κ3) is 18.2. The van der Waals surface area contributed by atoms with Gasteiger partial charge >= 0.3 is 76.7 Å². The third-order valence-electron chi connectivity index (χ3n) is 0. The molecule has 1 radical (unpaired) electrons. The zero-order valence-corrected chi connectivity index (χ0v) is 13.1. The van der Waals surface area contributed by atoms with Gasteiger partial charge in [-0.05, 0) is 0 Å². The van der Waals surface area contributed by atoms with Gasteiger partial charge in [0.05, 0.1) is 0 Å². The molecule has 0 heterocycles. The van der Waals surface area contributed by atoms with E-state index in [1.165, 1.54) is 0 Å². The molecular weight excluding hydrogens is 629 g/mol. The average Bonchev–Trinajstić information content (AvgIpc) is 0.722. The van der Waals surface area contributed by atoms with Crippen molar-refractivity contribution in [1.82, 2.24) is 0 Å². The van der Waals surface area contributed by atoms with Crippen LogP contribution in [-0.2, 0) is 0 Å². The second-order valence-corrected chi connectivity index (χ2v) is 116. The topological polar surface area (TPSA) is 0 Å². The van der Waals surface area contributed by atoms with E-state index in [2.05, 4.69) is 74.0 Å². The molecule has 5 heavy (non-hydrogen) atoms. The Morgan fingerprint density at radius 2 is 0.800 bits per heavy atom. The fourth-order valence-electron chi connectivity index (χ4n) is 0. The van der Waals surface area contributed by atoms with E-state index in [9.17, 15) is 0 Å². The summed E-state index contributed by atoms with van der Waals surface area (Å²) in [5.41, 5.74) is 0. The Balaban J connectivity index is 3.02. The first-order chi connectivity index (χ1) is 2.00. The Morgan fingerprint density at radius 1 is 0.800 bits per heavy atom. The van der Waals surface area contributed by atoms with E-state index in [0.29, 0.717) is 0 Å². The Kier molecular flexibility index (Phi) is 6.47. The van der Waals surface area contributed by atoms with Crippen molar-refractivity contribution in [2.75, 3.05) is 0 Å². The van der Waals surface area contributed by atoms with Crippen molar-refractivity contribution in [3.63, 3.8) is 0 Å². The molecule has 0 saturated carbocycles. The van der Waals surface area contributed by atoms with Crippen molar-refractivity contribution in [2.24, 2.45) is 0 Å². The second kappa shape index (κ2) is 3.70. The fraction of sp³-hybridized carbons (Fsp3) is 0. The van der Waals surface area contributed by atoms with Gasteiger partial charge in [0.15, 0.2) is 0 Å². The Hall–Kier alpha value is 3.74. The summed E-state index contributed by atoms with van der Waals surface area (Å²) in [7, 11) is 0. The van der Waals surface area contributed by atoms with Gasteiger partial charge < -0.3 is 0 Å². The summed E-state index contributed by atoms with van der Waals surface area (Å²) in [6.07, 6.45) is 0. The van der Waals surface area contributed by atoms with E-state index in [4.69, 9.17) is 0 Å². The van der Waals surface area contributed by atoms with E-state index in [-0.39, 0.29) is 0 Å². The molecular formula is I4Sb. The van der Waals surface area contributed by atoms with Gasteiger partial charge in [0.25, 0.3) is 0 Å². The SMILES string of the molecule is [I][Sb]([I])([I])[I]. The molecule has 0 nitrogen and oxygen atoms in total. The summed E-state index contributed by atoms with van der Waals surface area (Å²) in [6.45, 7) is 0.